The molecule has 0 aliphatic heterocycles. The minimum absolute atomic E-state index is 0.0411. The standard InChI is InChI=1S/C19H24F2N2O2/c1-2-23(12-13-6-4-3-5-7-13)18(24)17-11-14-10-15(25-19(20)21)8-9-16(14)22-17/h8-11,13,19,22H,2-7,12H2,1H3. The summed E-state index contributed by atoms with van der Waals surface area (Å²) < 4.78 is 29.1. The van der Waals surface area contributed by atoms with Crippen molar-refractivity contribution < 1.29 is 18.3 Å². The molecule has 0 atom stereocenters. The van der Waals surface area contributed by atoms with Gasteiger partial charge in [-0.3, -0.25) is 4.79 Å². The molecule has 0 bridgehead atoms. The third-order valence-electron chi connectivity index (χ3n) is 4.92. The van der Waals surface area contributed by atoms with E-state index in [0.717, 1.165) is 12.1 Å². The van der Waals surface area contributed by atoms with Crippen molar-refractivity contribution in [3.63, 3.8) is 0 Å². The Morgan fingerprint density at radius 3 is 2.72 bits per heavy atom. The molecule has 25 heavy (non-hydrogen) atoms. The van der Waals surface area contributed by atoms with Crippen LogP contribution in [0.4, 0.5) is 8.78 Å². The van der Waals surface area contributed by atoms with E-state index in [1.54, 1.807) is 12.1 Å². The lowest BCUT2D eigenvalue weighted by Crippen LogP contribution is -2.36. The van der Waals surface area contributed by atoms with Gasteiger partial charge in [0.1, 0.15) is 11.4 Å². The van der Waals surface area contributed by atoms with Crippen LogP contribution in [0.1, 0.15) is 49.5 Å². The normalized spacial score (nSPS) is 15.7. The first kappa shape index (κ1) is 17.7. The van der Waals surface area contributed by atoms with E-state index in [9.17, 15) is 13.6 Å². The zero-order chi connectivity index (χ0) is 17.8. The van der Waals surface area contributed by atoms with Gasteiger partial charge in [-0.05, 0) is 49.9 Å². The molecule has 1 aromatic heterocycles. The summed E-state index contributed by atoms with van der Waals surface area (Å²) in [7, 11) is 0. The van der Waals surface area contributed by atoms with Crippen molar-refractivity contribution in [3.05, 3.63) is 30.0 Å². The molecule has 1 fully saturated rings. The van der Waals surface area contributed by atoms with E-state index in [1.165, 1.54) is 44.2 Å². The van der Waals surface area contributed by atoms with Gasteiger partial charge < -0.3 is 14.6 Å². The highest BCUT2D eigenvalue weighted by Crippen LogP contribution is 2.26. The SMILES string of the molecule is CCN(CC1CCCCC1)C(=O)c1cc2cc(OC(F)F)ccc2[nH]1. The number of hydrogen-bond acceptors (Lipinski definition) is 2. The number of amides is 1. The largest absolute Gasteiger partial charge is 0.435 e. The Morgan fingerprint density at radius 2 is 2.04 bits per heavy atom. The molecule has 1 heterocycles. The van der Waals surface area contributed by atoms with Gasteiger partial charge in [0.05, 0.1) is 0 Å². The molecule has 3 rings (SSSR count). The highest BCUT2D eigenvalue weighted by Gasteiger charge is 2.22. The van der Waals surface area contributed by atoms with Crippen LogP contribution in [0.3, 0.4) is 0 Å². The van der Waals surface area contributed by atoms with E-state index in [2.05, 4.69) is 9.72 Å². The number of halogens is 2. The van der Waals surface area contributed by atoms with Gasteiger partial charge >= 0.3 is 6.61 Å². The molecule has 1 N–H and O–H groups in total. The molecule has 0 spiro atoms. The predicted octanol–water partition coefficient (Wildman–Crippen LogP) is 4.81. The topological polar surface area (TPSA) is 45.3 Å². The number of benzene rings is 1. The smallest absolute Gasteiger partial charge is 0.387 e. The maximum atomic E-state index is 12.8. The second-order valence-electron chi connectivity index (χ2n) is 6.66. The molecular formula is C19H24F2N2O2. The first-order chi connectivity index (χ1) is 12.1. The van der Waals surface area contributed by atoms with Gasteiger partial charge in [-0.2, -0.15) is 8.78 Å². The molecule has 1 aliphatic carbocycles. The summed E-state index contributed by atoms with van der Waals surface area (Å²) in [5.41, 5.74) is 1.22. The molecule has 0 radical (unpaired) electrons. The van der Waals surface area contributed by atoms with Crippen LogP contribution < -0.4 is 4.74 Å². The second-order valence-corrected chi connectivity index (χ2v) is 6.66. The van der Waals surface area contributed by atoms with Crippen molar-refractivity contribution in [2.24, 2.45) is 5.92 Å². The zero-order valence-corrected chi connectivity index (χ0v) is 14.4. The van der Waals surface area contributed by atoms with Crippen LogP contribution in [0.5, 0.6) is 5.75 Å². The van der Waals surface area contributed by atoms with Gasteiger partial charge in [-0.15, -0.1) is 0 Å². The number of carbonyl (C=O) groups is 1. The monoisotopic (exact) mass is 350 g/mol. The second kappa shape index (κ2) is 7.85. The van der Waals surface area contributed by atoms with Crippen LogP contribution in [-0.4, -0.2) is 35.5 Å². The minimum Gasteiger partial charge on any atom is -0.435 e. The highest BCUT2D eigenvalue weighted by atomic mass is 19.3. The van der Waals surface area contributed by atoms with Crippen LogP contribution in [0, 0.1) is 5.92 Å². The van der Waals surface area contributed by atoms with Gasteiger partial charge in [0.2, 0.25) is 0 Å². The van der Waals surface area contributed by atoms with Crippen LogP contribution in [0.2, 0.25) is 0 Å². The molecule has 1 aliphatic rings. The summed E-state index contributed by atoms with van der Waals surface area (Å²) >= 11 is 0. The Balaban J connectivity index is 1.75. The maximum absolute atomic E-state index is 12.8. The Hall–Kier alpha value is -2.11. The summed E-state index contributed by atoms with van der Waals surface area (Å²) in [5.74, 6) is 0.628. The molecule has 136 valence electrons. The first-order valence-electron chi connectivity index (χ1n) is 8.93. The minimum atomic E-state index is -2.86. The Kier molecular flexibility index (Phi) is 5.56. The van der Waals surface area contributed by atoms with E-state index in [-0.39, 0.29) is 11.7 Å². The number of rotatable bonds is 6. The lowest BCUT2D eigenvalue weighted by Gasteiger charge is -2.28. The van der Waals surface area contributed by atoms with Gasteiger partial charge in [-0.25, -0.2) is 0 Å². The number of aromatic amines is 1. The molecule has 1 aromatic carbocycles. The summed E-state index contributed by atoms with van der Waals surface area (Å²) in [6.07, 6.45) is 6.16. The number of H-pyrrole nitrogens is 1. The lowest BCUT2D eigenvalue weighted by atomic mass is 9.89. The maximum Gasteiger partial charge on any atom is 0.387 e. The van der Waals surface area contributed by atoms with E-state index in [0.29, 0.717) is 23.5 Å². The first-order valence-corrected chi connectivity index (χ1v) is 8.93. The van der Waals surface area contributed by atoms with Crippen molar-refractivity contribution in [3.8, 4) is 5.75 Å². The summed E-state index contributed by atoms with van der Waals surface area (Å²) in [6, 6.07) is 6.35. The van der Waals surface area contributed by atoms with Crippen molar-refractivity contribution in [1.29, 1.82) is 0 Å². The van der Waals surface area contributed by atoms with Crippen molar-refractivity contribution in [1.82, 2.24) is 9.88 Å². The fourth-order valence-corrected chi connectivity index (χ4v) is 3.61. The number of aromatic nitrogens is 1. The Bertz CT molecular complexity index is 723. The number of alkyl halides is 2. The van der Waals surface area contributed by atoms with Crippen LogP contribution >= 0.6 is 0 Å². The van der Waals surface area contributed by atoms with E-state index in [4.69, 9.17) is 0 Å². The Morgan fingerprint density at radius 1 is 1.28 bits per heavy atom. The summed E-state index contributed by atoms with van der Waals surface area (Å²) in [6.45, 7) is 0.566. The molecule has 4 nitrogen and oxygen atoms in total. The van der Waals surface area contributed by atoms with E-state index >= 15 is 0 Å². The number of nitrogens with one attached hydrogen (secondary N) is 1. The van der Waals surface area contributed by atoms with Crippen molar-refractivity contribution in [2.75, 3.05) is 13.1 Å². The molecular weight excluding hydrogens is 326 g/mol. The van der Waals surface area contributed by atoms with Gasteiger partial charge in [-0.1, -0.05) is 19.3 Å². The average Bonchev–Trinajstić information content (AvgIpc) is 3.02. The van der Waals surface area contributed by atoms with Gasteiger partial charge in [0.15, 0.2) is 0 Å². The summed E-state index contributed by atoms with van der Waals surface area (Å²) in [4.78, 5) is 17.8. The molecule has 0 unspecified atom stereocenters. The number of hydrogen-bond donors (Lipinski definition) is 1. The lowest BCUT2D eigenvalue weighted by molar-refractivity contribution is -0.0497. The van der Waals surface area contributed by atoms with E-state index < -0.39 is 6.61 Å². The highest BCUT2D eigenvalue weighted by molar-refractivity contribution is 5.98. The summed E-state index contributed by atoms with van der Waals surface area (Å²) in [5, 5.41) is 0.690. The fraction of sp³-hybridized carbons (Fsp3) is 0.526. The van der Waals surface area contributed by atoms with Crippen LogP contribution in [0.15, 0.2) is 24.3 Å². The molecule has 0 saturated heterocycles. The predicted molar refractivity (Wildman–Crippen MR) is 93.1 cm³/mol. The zero-order valence-electron chi connectivity index (χ0n) is 14.4. The number of ether oxygens (including phenoxy) is 1. The third-order valence-corrected chi connectivity index (χ3v) is 4.92. The molecule has 6 heteroatoms. The van der Waals surface area contributed by atoms with Crippen LogP contribution in [-0.2, 0) is 0 Å². The van der Waals surface area contributed by atoms with Crippen molar-refractivity contribution in [2.45, 2.75) is 45.6 Å². The Labute approximate surface area is 146 Å². The van der Waals surface area contributed by atoms with Crippen LogP contribution in [0.25, 0.3) is 10.9 Å². The quantitative estimate of drug-likeness (QED) is 0.812. The fourth-order valence-electron chi connectivity index (χ4n) is 3.61. The number of carbonyl (C=O) groups excluding carboxylic acids is 1. The molecule has 1 saturated carbocycles. The number of fused-ring (bicyclic) bond motifs is 1. The van der Waals surface area contributed by atoms with Crippen molar-refractivity contribution >= 4 is 16.8 Å². The van der Waals surface area contributed by atoms with Gasteiger partial charge in [0.25, 0.3) is 5.91 Å². The molecule has 1 amide bonds. The third kappa shape index (κ3) is 4.30. The average molecular weight is 350 g/mol. The number of nitrogens with zero attached hydrogens (tertiary/aromatic N) is 1. The van der Waals surface area contributed by atoms with Gasteiger partial charge in [0, 0.05) is 24.0 Å². The van der Waals surface area contributed by atoms with E-state index in [1.807, 2.05) is 11.8 Å². The molecule has 2 aromatic rings.